The second-order valence-electron chi connectivity index (χ2n) is 4.98. The number of nitrogens with one attached hydrogen (secondary N) is 1. The highest BCUT2D eigenvalue weighted by atomic mass is 35.5. The number of furan rings is 1. The zero-order chi connectivity index (χ0) is 13.1. The zero-order valence-electron chi connectivity index (χ0n) is 11.5. The highest BCUT2D eigenvalue weighted by molar-refractivity contribution is 5.85. The SMILES string of the molecule is CNCC1CCCN1Cc1cc(-c2ccco2)on1.Cl. The molecule has 0 aliphatic carbocycles. The standard InChI is InChI=1S/C14H19N3O2.ClH/c1-15-9-12-4-2-6-17(12)10-11-8-14(19-16-11)13-5-3-7-18-13;/h3,5,7-8,12,15H,2,4,6,9-10H2,1H3;1H. The summed E-state index contributed by atoms with van der Waals surface area (Å²) in [6.45, 7) is 3.01. The minimum absolute atomic E-state index is 0. The molecule has 0 radical (unpaired) electrons. The normalized spacial score (nSPS) is 19.1. The van der Waals surface area contributed by atoms with Crippen molar-refractivity contribution in [1.29, 1.82) is 0 Å². The van der Waals surface area contributed by atoms with E-state index in [2.05, 4.69) is 15.4 Å². The summed E-state index contributed by atoms with van der Waals surface area (Å²) < 4.78 is 10.6. The van der Waals surface area contributed by atoms with Crippen LogP contribution in [0.2, 0.25) is 0 Å². The molecule has 2 aromatic heterocycles. The maximum Gasteiger partial charge on any atom is 0.202 e. The largest absolute Gasteiger partial charge is 0.461 e. The van der Waals surface area contributed by atoms with Crippen LogP contribution in [0.1, 0.15) is 18.5 Å². The molecule has 110 valence electrons. The van der Waals surface area contributed by atoms with E-state index in [-0.39, 0.29) is 12.4 Å². The van der Waals surface area contributed by atoms with Crippen LogP contribution in [0.3, 0.4) is 0 Å². The molecule has 1 unspecified atom stereocenters. The van der Waals surface area contributed by atoms with Crippen LogP contribution in [0.25, 0.3) is 11.5 Å². The van der Waals surface area contributed by atoms with Crippen molar-refractivity contribution < 1.29 is 8.94 Å². The highest BCUT2D eigenvalue weighted by Gasteiger charge is 2.24. The Morgan fingerprint density at radius 2 is 2.35 bits per heavy atom. The van der Waals surface area contributed by atoms with Gasteiger partial charge in [0.1, 0.15) is 0 Å². The van der Waals surface area contributed by atoms with E-state index in [0.29, 0.717) is 11.8 Å². The van der Waals surface area contributed by atoms with Crippen LogP contribution >= 0.6 is 12.4 Å². The first-order valence-electron chi connectivity index (χ1n) is 6.75. The van der Waals surface area contributed by atoms with Gasteiger partial charge in [-0.05, 0) is 38.6 Å². The molecule has 1 fully saturated rings. The Morgan fingerprint density at radius 1 is 1.45 bits per heavy atom. The maximum absolute atomic E-state index is 5.33. The van der Waals surface area contributed by atoms with Gasteiger partial charge in [0.2, 0.25) is 5.76 Å². The third kappa shape index (κ3) is 3.23. The van der Waals surface area contributed by atoms with Gasteiger partial charge in [-0.1, -0.05) is 5.16 Å². The van der Waals surface area contributed by atoms with Crippen molar-refractivity contribution in [3.8, 4) is 11.5 Å². The molecule has 1 aliphatic rings. The second-order valence-corrected chi connectivity index (χ2v) is 4.98. The fourth-order valence-electron chi connectivity index (χ4n) is 2.70. The predicted molar refractivity (Wildman–Crippen MR) is 78.8 cm³/mol. The molecule has 2 aromatic rings. The Balaban J connectivity index is 0.00000147. The van der Waals surface area contributed by atoms with Crippen LogP contribution in [0, 0.1) is 0 Å². The van der Waals surface area contributed by atoms with Crippen LogP contribution in [-0.4, -0.2) is 36.2 Å². The van der Waals surface area contributed by atoms with E-state index in [0.717, 1.165) is 31.1 Å². The summed E-state index contributed by atoms with van der Waals surface area (Å²) in [5, 5.41) is 7.39. The molecule has 3 rings (SSSR count). The summed E-state index contributed by atoms with van der Waals surface area (Å²) in [6.07, 6.45) is 4.15. The summed E-state index contributed by atoms with van der Waals surface area (Å²) in [4.78, 5) is 2.46. The number of aromatic nitrogens is 1. The summed E-state index contributed by atoms with van der Waals surface area (Å²) in [5.41, 5.74) is 0.967. The number of likely N-dealkylation sites (N-methyl/N-ethyl adjacent to an activating group) is 1. The quantitative estimate of drug-likeness (QED) is 0.919. The van der Waals surface area contributed by atoms with Gasteiger partial charge in [0.05, 0.1) is 12.0 Å². The Bertz CT molecular complexity index is 512. The topological polar surface area (TPSA) is 54.4 Å². The highest BCUT2D eigenvalue weighted by Crippen LogP contribution is 2.23. The average Bonchev–Trinajstić information content (AvgIpc) is 3.12. The van der Waals surface area contributed by atoms with Gasteiger partial charge in [0.25, 0.3) is 0 Å². The van der Waals surface area contributed by atoms with Crippen molar-refractivity contribution in [2.75, 3.05) is 20.1 Å². The van der Waals surface area contributed by atoms with Gasteiger partial charge in [-0.25, -0.2) is 0 Å². The molecule has 0 aromatic carbocycles. The number of hydrogen-bond donors (Lipinski definition) is 1. The van der Waals surface area contributed by atoms with Crippen molar-refractivity contribution in [3.05, 3.63) is 30.2 Å². The van der Waals surface area contributed by atoms with E-state index in [1.165, 1.54) is 12.8 Å². The van der Waals surface area contributed by atoms with Crippen LogP contribution in [0.5, 0.6) is 0 Å². The predicted octanol–water partition coefficient (Wildman–Crippen LogP) is 2.54. The van der Waals surface area contributed by atoms with Crippen LogP contribution < -0.4 is 5.32 Å². The molecular formula is C14H20ClN3O2. The van der Waals surface area contributed by atoms with Gasteiger partial charge in [-0.2, -0.15) is 0 Å². The lowest BCUT2D eigenvalue weighted by atomic mass is 10.2. The molecule has 0 saturated carbocycles. The lowest BCUT2D eigenvalue weighted by Crippen LogP contribution is -2.36. The van der Waals surface area contributed by atoms with Gasteiger partial charge in [0, 0.05) is 25.2 Å². The van der Waals surface area contributed by atoms with E-state index in [1.807, 2.05) is 25.2 Å². The first-order valence-corrected chi connectivity index (χ1v) is 6.75. The fraction of sp³-hybridized carbons (Fsp3) is 0.500. The van der Waals surface area contributed by atoms with Crippen LogP contribution in [0.15, 0.2) is 33.4 Å². The van der Waals surface area contributed by atoms with E-state index in [4.69, 9.17) is 8.94 Å². The molecule has 20 heavy (non-hydrogen) atoms. The third-order valence-electron chi connectivity index (χ3n) is 3.63. The average molecular weight is 298 g/mol. The molecule has 0 bridgehead atoms. The molecule has 1 aliphatic heterocycles. The number of halogens is 1. The fourth-order valence-corrected chi connectivity index (χ4v) is 2.70. The van der Waals surface area contributed by atoms with Crippen molar-refractivity contribution in [1.82, 2.24) is 15.4 Å². The molecule has 3 heterocycles. The lowest BCUT2D eigenvalue weighted by Gasteiger charge is -2.22. The van der Waals surface area contributed by atoms with E-state index < -0.39 is 0 Å². The van der Waals surface area contributed by atoms with Gasteiger partial charge in [-0.3, -0.25) is 4.90 Å². The van der Waals surface area contributed by atoms with Gasteiger partial charge in [-0.15, -0.1) is 12.4 Å². The first kappa shape index (κ1) is 15.1. The van der Waals surface area contributed by atoms with Crippen LogP contribution in [-0.2, 0) is 6.54 Å². The first-order chi connectivity index (χ1) is 9.36. The van der Waals surface area contributed by atoms with E-state index in [1.54, 1.807) is 6.26 Å². The molecule has 6 heteroatoms. The Morgan fingerprint density at radius 3 is 3.10 bits per heavy atom. The number of hydrogen-bond acceptors (Lipinski definition) is 5. The van der Waals surface area contributed by atoms with E-state index >= 15 is 0 Å². The Labute approximate surface area is 124 Å². The Hall–Kier alpha value is -1.30. The molecule has 0 spiro atoms. The summed E-state index contributed by atoms with van der Waals surface area (Å²) in [7, 11) is 2.00. The second kappa shape index (κ2) is 6.92. The molecular weight excluding hydrogens is 278 g/mol. The van der Waals surface area contributed by atoms with Crippen LogP contribution in [0.4, 0.5) is 0 Å². The Kier molecular flexibility index (Phi) is 5.23. The smallest absolute Gasteiger partial charge is 0.202 e. The number of likely N-dealkylation sites (tertiary alicyclic amines) is 1. The van der Waals surface area contributed by atoms with Crippen molar-refractivity contribution in [2.45, 2.75) is 25.4 Å². The lowest BCUT2D eigenvalue weighted by molar-refractivity contribution is 0.235. The minimum atomic E-state index is 0. The molecule has 1 N–H and O–H groups in total. The van der Waals surface area contributed by atoms with Crippen molar-refractivity contribution >= 4 is 12.4 Å². The van der Waals surface area contributed by atoms with Crippen molar-refractivity contribution in [3.63, 3.8) is 0 Å². The minimum Gasteiger partial charge on any atom is -0.461 e. The molecule has 0 amide bonds. The summed E-state index contributed by atoms with van der Waals surface area (Å²) in [5.74, 6) is 1.43. The summed E-state index contributed by atoms with van der Waals surface area (Å²) >= 11 is 0. The number of nitrogens with zero attached hydrogens (tertiary/aromatic N) is 2. The van der Waals surface area contributed by atoms with Gasteiger partial charge >= 0.3 is 0 Å². The maximum atomic E-state index is 5.33. The third-order valence-corrected chi connectivity index (χ3v) is 3.63. The van der Waals surface area contributed by atoms with Crippen molar-refractivity contribution in [2.24, 2.45) is 0 Å². The van der Waals surface area contributed by atoms with Gasteiger partial charge < -0.3 is 14.3 Å². The number of rotatable bonds is 5. The molecule has 1 atom stereocenters. The summed E-state index contributed by atoms with van der Waals surface area (Å²) in [6, 6.07) is 6.30. The van der Waals surface area contributed by atoms with E-state index in [9.17, 15) is 0 Å². The molecule has 5 nitrogen and oxygen atoms in total. The zero-order valence-corrected chi connectivity index (χ0v) is 12.4. The molecule has 1 saturated heterocycles. The van der Waals surface area contributed by atoms with Gasteiger partial charge in [0.15, 0.2) is 5.76 Å². The monoisotopic (exact) mass is 297 g/mol.